The molecular formula is C11H14N2O3S. The Morgan fingerprint density at radius 2 is 2.29 bits per heavy atom. The highest BCUT2D eigenvalue weighted by Gasteiger charge is 2.39. The second-order valence-corrected chi connectivity index (χ2v) is 5.09. The van der Waals surface area contributed by atoms with Crippen molar-refractivity contribution < 1.29 is 14.7 Å². The van der Waals surface area contributed by atoms with Crippen LogP contribution in [0.4, 0.5) is 0 Å². The SMILES string of the molecule is Cc1ncsc1C(=O)N1CCC(C(=O)O)C1C. The van der Waals surface area contributed by atoms with Crippen molar-refractivity contribution in [2.75, 3.05) is 6.54 Å². The standard InChI is InChI=1S/C11H14N2O3S/c1-6-9(17-5-12-6)10(14)13-4-3-8(7(13)2)11(15)16/h5,7-8H,3-4H2,1-2H3,(H,15,16). The molecule has 1 aliphatic rings. The summed E-state index contributed by atoms with van der Waals surface area (Å²) in [4.78, 5) is 29.5. The lowest BCUT2D eigenvalue weighted by Gasteiger charge is -2.22. The van der Waals surface area contributed by atoms with Crippen LogP contribution in [0.15, 0.2) is 5.51 Å². The van der Waals surface area contributed by atoms with Crippen molar-refractivity contribution in [3.63, 3.8) is 0 Å². The first-order valence-corrected chi connectivity index (χ1v) is 6.34. The summed E-state index contributed by atoms with van der Waals surface area (Å²) in [6.07, 6.45) is 0.528. The Balaban J connectivity index is 2.18. The Bertz CT molecular complexity index is 457. The van der Waals surface area contributed by atoms with Crippen LogP contribution in [-0.4, -0.2) is 39.5 Å². The van der Waals surface area contributed by atoms with Gasteiger partial charge >= 0.3 is 5.97 Å². The number of aliphatic carboxylic acids is 1. The summed E-state index contributed by atoms with van der Waals surface area (Å²) in [6, 6.07) is -0.249. The number of aromatic nitrogens is 1. The maximum atomic E-state index is 12.2. The number of thiazole rings is 1. The van der Waals surface area contributed by atoms with E-state index in [2.05, 4.69) is 4.98 Å². The molecule has 1 aliphatic heterocycles. The molecule has 0 saturated carbocycles. The van der Waals surface area contributed by atoms with Crippen LogP contribution < -0.4 is 0 Å². The minimum atomic E-state index is -0.825. The van der Waals surface area contributed by atoms with Gasteiger partial charge in [-0.2, -0.15) is 0 Å². The molecule has 2 rings (SSSR count). The van der Waals surface area contributed by atoms with Gasteiger partial charge in [0.2, 0.25) is 0 Å². The van der Waals surface area contributed by atoms with Gasteiger partial charge in [-0.25, -0.2) is 4.98 Å². The zero-order valence-corrected chi connectivity index (χ0v) is 10.5. The number of hydrogen-bond acceptors (Lipinski definition) is 4. The van der Waals surface area contributed by atoms with E-state index in [1.807, 2.05) is 0 Å². The molecule has 0 aromatic carbocycles. The van der Waals surface area contributed by atoms with E-state index >= 15 is 0 Å². The molecule has 2 unspecified atom stereocenters. The number of rotatable bonds is 2. The average molecular weight is 254 g/mol. The van der Waals surface area contributed by atoms with Crippen molar-refractivity contribution in [3.8, 4) is 0 Å². The van der Waals surface area contributed by atoms with Gasteiger partial charge in [-0.3, -0.25) is 9.59 Å². The molecule has 6 heteroatoms. The Morgan fingerprint density at radius 1 is 1.59 bits per heavy atom. The van der Waals surface area contributed by atoms with Gasteiger partial charge in [-0.05, 0) is 20.3 Å². The smallest absolute Gasteiger partial charge is 0.308 e. The number of hydrogen-bond donors (Lipinski definition) is 1. The van der Waals surface area contributed by atoms with Gasteiger partial charge in [-0.1, -0.05) is 0 Å². The van der Waals surface area contributed by atoms with Crippen molar-refractivity contribution in [1.29, 1.82) is 0 Å². The third-order valence-electron chi connectivity index (χ3n) is 3.27. The summed E-state index contributed by atoms with van der Waals surface area (Å²) in [6.45, 7) is 4.09. The summed E-state index contributed by atoms with van der Waals surface area (Å²) in [5, 5.41) is 9.02. The topological polar surface area (TPSA) is 70.5 Å². The fraction of sp³-hybridized carbons (Fsp3) is 0.545. The van der Waals surface area contributed by atoms with E-state index in [0.717, 1.165) is 0 Å². The second-order valence-electron chi connectivity index (χ2n) is 4.24. The molecule has 0 spiro atoms. The van der Waals surface area contributed by atoms with E-state index in [-0.39, 0.29) is 11.9 Å². The summed E-state index contributed by atoms with van der Waals surface area (Å²) < 4.78 is 0. The van der Waals surface area contributed by atoms with Gasteiger partial charge in [0.1, 0.15) is 4.88 Å². The predicted octanol–water partition coefficient (Wildman–Crippen LogP) is 1.39. The molecule has 1 aromatic heterocycles. The molecule has 2 heterocycles. The second kappa shape index (κ2) is 4.44. The van der Waals surface area contributed by atoms with Crippen LogP contribution in [0.5, 0.6) is 0 Å². The van der Waals surface area contributed by atoms with Crippen molar-refractivity contribution in [1.82, 2.24) is 9.88 Å². The van der Waals surface area contributed by atoms with E-state index in [1.165, 1.54) is 11.3 Å². The van der Waals surface area contributed by atoms with Crippen LogP contribution in [-0.2, 0) is 4.79 Å². The van der Waals surface area contributed by atoms with E-state index in [1.54, 1.807) is 24.3 Å². The van der Waals surface area contributed by atoms with Crippen LogP contribution in [0, 0.1) is 12.8 Å². The third kappa shape index (κ3) is 2.04. The zero-order chi connectivity index (χ0) is 12.6. The quantitative estimate of drug-likeness (QED) is 0.865. The number of carboxylic acid groups (broad SMARTS) is 1. The molecule has 0 bridgehead atoms. The number of aryl methyl sites for hydroxylation is 1. The Labute approximate surface area is 103 Å². The Morgan fingerprint density at radius 3 is 2.76 bits per heavy atom. The summed E-state index contributed by atoms with van der Waals surface area (Å²) in [5.41, 5.74) is 2.35. The zero-order valence-electron chi connectivity index (χ0n) is 9.71. The molecule has 0 radical (unpaired) electrons. The summed E-state index contributed by atoms with van der Waals surface area (Å²) in [5.74, 6) is -1.37. The molecule has 1 fully saturated rings. The van der Waals surface area contributed by atoms with Crippen molar-refractivity contribution in [2.45, 2.75) is 26.3 Å². The van der Waals surface area contributed by atoms with Crippen LogP contribution in [0.25, 0.3) is 0 Å². The van der Waals surface area contributed by atoms with Gasteiger partial charge < -0.3 is 10.0 Å². The van der Waals surface area contributed by atoms with Crippen LogP contribution in [0.1, 0.15) is 28.7 Å². The largest absolute Gasteiger partial charge is 0.481 e. The first-order valence-electron chi connectivity index (χ1n) is 5.46. The number of carboxylic acids is 1. The van der Waals surface area contributed by atoms with E-state index in [4.69, 9.17) is 5.11 Å². The van der Waals surface area contributed by atoms with Gasteiger partial charge in [0.05, 0.1) is 17.1 Å². The number of carbonyl (C=O) groups excluding carboxylic acids is 1. The average Bonchev–Trinajstić information content (AvgIpc) is 2.83. The number of amides is 1. The van der Waals surface area contributed by atoms with Crippen LogP contribution in [0.2, 0.25) is 0 Å². The summed E-state index contributed by atoms with van der Waals surface area (Å²) in [7, 11) is 0. The van der Waals surface area contributed by atoms with E-state index in [0.29, 0.717) is 23.5 Å². The van der Waals surface area contributed by atoms with Crippen LogP contribution in [0.3, 0.4) is 0 Å². The first kappa shape index (κ1) is 12.0. The molecule has 5 nitrogen and oxygen atoms in total. The fourth-order valence-corrected chi connectivity index (χ4v) is 2.95. The number of nitrogens with zero attached hydrogens (tertiary/aromatic N) is 2. The van der Waals surface area contributed by atoms with Gasteiger partial charge in [0.15, 0.2) is 0 Å². The van der Waals surface area contributed by atoms with E-state index in [9.17, 15) is 9.59 Å². The van der Waals surface area contributed by atoms with Crippen molar-refractivity contribution in [2.24, 2.45) is 5.92 Å². The van der Waals surface area contributed by atoms with Gasteiger partial charge in [0, 0.05) is 12.6 Å². The Hall–Kier alpha value is -1.43. The van der Waals surface area contributed by atoms with Crippen molar-refractivity contribution >= 4 is 23.2 Å². The lowest BCUT2D eigenvalue weighted by Crippen LogP contribution is -2.37. The molecule has 2 atom stereocenters. The Kier molecular flexibility index (Phi) is 3.15. The highest BCUT2D eigenvalue weighted by Crippen LogP contribution is 2.27. The lowest BCUT2D eigenvalue weighted by molar-refractivity contribution is -0.142. The fourth-order valence-electron chi connectivity index (χ4n) is 2.19. The maximum absolute atomic E-state index is 12.2. The normalized spacial score (nSPS) is 24.0. The molecular weight excluding hydrogens is 240 g/mol. The van der Waals surface area contributed by atoms with Crippen molar-refractivity contribution in [3.05, 3.63) is 16.1 Å². The number of likely N-dealkylation sites (tertiary alicyclic amines) is 1. The maximum Gasteiger partial charge on any atom is 0.308 e. The highest BCUT2D eigenvalue weighted by molar-refractivity contribution is 7.11. The third-order valence-corrected chi connectivity index (χ3v) is 4.19. The monoisotopic (exact) mass is 254 g/mol. The lowest BCUT2D eigenvalue weighted by atomic mass is 10.0. The first-order chi connectivity index (χ1) is 8.02. The highest BCUT2D eigenvalue weighted by atomic mass is 32.1. The molecule has 0 aliphatic carbocycles. The van der Waals surface area contributed by atoms with Gasteiger partial charge in [-0.15, -0.1) is 11.3 Å². The summed E-state index contributed by atoms with van der Waals surface area (Å²) >= 11 is 1.31. The van der Waals surface area contributed by atoms with Gasteiger partial charge in [0.25, 0.3) is 5.91 Å². The number of carbonyl (C=O) groups is 2. The molecule has 1 N–H and O–H groups in total. The molecule has 1 saturated heterocycles. The van der Waals surface area contributed by atoms with Crippen LogP contribution >= 0.6 is 11.3 Å². The van der Waals surface area contributed by atoms with E-state index < -0.39 is 11.9 Å². The molecule has 1 aromatic rings. The molecule has 1 amide bonds. The minimum absolute atomic E-state index is 0.0961. The predicted molar refractivity (Wildman–Crippen MR) is 63.1 cm³/mol. The molecule has 17 heavy (non-hydrogen) atoms. The minimum Gasteiger partial charge on any atom is -0.481 e. The molecule has 92 valence electrons.